The van der Waals surface area contributed by atoms with Crippen molar-refractivity contribution in [3.63, 3.8) is 0 Å². The average molecular weight is 378 g/mol. The molecule has 8 heteroatoms. The summed E-state index contributed by atoms with van der Waals surface area (Å²) in [7, 11) is 0. The number of benzene rings is 1. The van der Waals surface area contributed by atoms with Crippen molar-refractivity contribution in [2.45, 2.75) is 13.8 Å². The van der Waals surface area contributed by atoms with Gasteiger partial charge >= 0.3 is 0 Å². The first-order valence-corrected chi connectivity index (χ1v) is 8.95. The minimum Gasteiger partial charge on any atom is -0.370 e. The Morgan fingerprint density at radius 3 is 2.65 bits per heavy atom. The van der Waals surface area contributed by atoms with Crippen LogP contribution in [0.2, 0.25) is 5.02 Å². The first kappa shape index (κ1) is 18.4. The maximum Gasteiger partial charge on any atom is 0.258 e. The second-order valence-corrected chi connectivity index (χ2v) is 6.47. The second kappa shape index (κ2) is 7.86. The minimum absolute atomic E-state index is 0.0603. The number of carbonyl (C=O) groups excluding carboxylic acids is 1. The van der Waals surface area contributed by atoms with E-state index >= 15 is 0 Å². The maximum atomic E-state index is 14.0. The zero-order chi connectivity index (χ0) is 18.7. The highest BCUT2D eigenvalue weighted by atomic mass is 35.5. The van der Waals surface area contributed by atoms with Crippen molar-refractivity contribution in [2.75, 3.05) is 42.9 Å². The van der Waals surface area contributed by atoms with Gasteiger partial charge in [-0.25, -0.2) is 14.4 Å². The molecule has 138 valence electrons. The van der Waals surface area contributed by atoms with E-state index in [1.807, 2.05) is 19.9 Å². The van der Waals surface area contributed by atoms with E-state index in [-0.39, 0.29) is 16.5 Å². The zero-order valence-electron chi connectivity index (χ0n) is 14.8. The number of carbonyl (C=O) groups is 1. The van der Waals surface area contributed by atoms with Gasteiger partial charge in [0.05, 0.1) is 10.6 Å². The highest BCUT2D eigenvalue weighted by Crippen LogP contribution is 2.23. The molecule has 1 aliphatic rings. The fourth-order valence-corrected chi connectivity index (χ4v) is 3.23. The molecule has 1 fully saturated rings. The number of nitrogens with one attached hydrogen (secondary N) is 1. The van der Waals surface area contributed by atoms with Gasteiger partial charge in [0.15, 0.2) is 0 Å². The summed E-state index contributed by atoms with van der Waals surface area (Å²) in [6, 6.07) is 6.18. The predicted octanol–water partition coefficient (Wildman–Crippen LogP) is 2.97. The summed E-state index contributed by atoms with van der Waals surface area (Å²) in [4.78, 5) is 25.2. The molecule has 2 heterocycles. The smallest absolute Gasteiger partial charge is 0.258 e. The topological polar surface area (TPSA) is 61.4 Å². The van der Waals surface area contributed by atoms with Crippen molar-refractivity contribution in [1.29, 1.82) is 0 Å². The van der Waals surface area contributed by atoms with Crippen molar-refractivity contribution in [1.82, 2.24) is 14.9 Å². The number of halogens is 2. The van der Waals surface area contributed by atoms with Crippen LogP contribution in [-0.2, 0) is 0 Å². The van der Waals surface area contributed by atoms with Gasteiger partial charge in [-0.2, -0.15) is 0 Å². The lowest BCUT2D eigenvalue weighted by atomic mass is 10.1. The molecule has 0 radical (unpaired) electrons. The number of piperazine rings is 1. The van der Waals surface area contributed by atoms with E-state index in [9.17, 15) is 9.18 Å². The lowest BCUT2D eigenvalue weighted by molar-refractivity contribution is 0.0742. The maximum absolute atomic E-state index is 14.0. The molecule has 1 saturated heterocycles. The first-order chi connectivity index (χ1) is 12.5. The van der Waals surface area contributed by atoms with Crippen LogP contribution in [0, 0.1) is 12.7 Å². The summed E-state index contributed by atoms with van der Waals surface area (Å²) in [6.45, 7) is 6.81. The second-order valence-electron chi connectivity index (χ2n) is 6.06. The highest BCUT2D eigenvalue weighted by molar-refractivity contribution is 6.33. The Kier molecular flexibility index (Phi) is 5.56. The van der Waals surface area contributed by atoms with Crippen LogP contribution in [0.4, 0.5) is 16.0 Å². The number of anilines is 2. The molecule has 3 rings (SSSR count). The molecule has 0 bridgehead atoms. The van der Waals surface area contributed by atoms with E-state index in [0.29, 0.717) is 32.0 Å². The normalized spacial score (nSPS) is 14.5. The van der Waals surface area contributed by atoms with Gasteiger partial charge in [-0.1, -0.05) is 17.7 Å². The molecule has 6 nitrogen and oxygen atoms in total. The molecule has 1 amide bonds. The summed E-state index contributed by atoms with van der Waals surface area (Å²) in [6.07, 6.45) is 0. The van der Waals surface area contributed by atoms with E-state index < -0.39 is 5.82 Å². The van der Waals surface area contributed by atoms with E-state index in [0.717, 1.165) is 18.2 Å². The fourth-order valence-electron chi connectivity index (χ4n) is 2.98. The zero-order valence-corrected chi connectivity index (χ0v) is 15.6. The lowest BCUT2D eigenvalue weighted by Gasteiger charge is -2.35. The Morgan fingerprint density at radius 2 is 2.00 bits per heavy atom. The standard InChI is InChI=1S/C18H21ClFN5O/c1-3-21-15-11-16(23-12(2)22-15)24-7-9-25(10-8-24)18(26)17-13(19)5-4-6-14(17)20/h4-6,11H,3,7-10H2,1-2H3,(H,21,22,23). The van der Waals surface area contributed by atoms with Gasteiger partial charge in [0.25, 0.3) is 5.91 Å². The predicted molar refractivity (Wildman–Crippen MR) is 100 cm³/mol. The molecule has 1 N–H and O–H groups in total. The molecule has 0 unspecified atom stereocenters. The Balaban J connectivity index is 1.70. The van der Waals surface area contributed by atoms with Gasteiger partial charge < -0.3 is 15.1 Å². The summed E-state index contributed by atoms with van der Waals surface area (Å²) >= 11 is 6.01. The number of hydrogen-bond acceptors (Lipinski definition) is 5. The number of aryl methyl sites for hydroxylation is 1. The van der Waals surface area contributed by atoms with Gasteiger partial charge in [-0.3, -0.25) is 4.79 Å². The van der Waals surface area contributed by atoms with Gasteiger partial charge in [0, 0.05) is 38.8 Å². The third-order valence-corrected chi connectivity index (χ3v) is 4.56. The monoisotopic (exact) mass is 377 g/mol. The van der Waals surface area contributed by atoms with Crippen LogP contribution in [0.25, 0.3) is 0 Å². The number of rotatable bonds is 4. The van der Waals surface area contributed by atoms with Crippen LogP contribution < -0.4 is 10.2 Å². The quantitative estimate of drug-likeness (QED) is 0.887. The molecular formula is C18H21ClFN5O. The molecule has 0 atom stereocenters. The van der Waals surface area contributed by atoms with Gasteiger partial charge in [0.2, 0.25) is 0 Å². The first-order valence-electron chi connectivity index (χ1n) is 8.57. The van der Waals surface area contributed by atoms with Crippen molar-refractivity contribution >= 4 is 29.1 Å². The van der Waals surface area contributed by atoms with Crippen LogP contribution in [0.5, 0.6) is 0 Å². The SMILES string of the molecule is CCNc1cc(N2CCN(C(=O)c3c(F)cccc3Cl)CC2)nc(C)n1. The third kappa shape index (κ3) is 3.88. The lowest BCUT2D eigenvalue weighted by Crippen LogP contribution is -2.49. The summed E-state index contributed by atoms with van der Waals surface area (Å²) in [5, 5.41) is 3.33. The van der Waals surface area contributed by atoms with E-state index in [4.69, 9.17) is 11.6 Å². The molecular weight excluding hydrogens is 357 g/mol. The molecule has 1 aromatic heterocycles. The van der Waals surface area contributed by atoms with Crippen LogP contribution in [0.1, 0.15) is 23.1 Å². The fraction of sp³-hybridized carbons (Fsp3) is 0.389. The number of hydrogen-bond donors (Lipinski definition) is 1. The van der Waals surface area contributed by atoms with Gasteiger partial charge in [-0.05, 0) is 26.0 Å². The van der Waals surface area contributed by atoms with E-state index in [1.54, 1.807) is 4.90 Å². The highest BCUT2D eigenvalue weighted by Gasteiger charge is 2.26. The van der Waals surface area contributed by atoms with Crippen LogP contribution in [0.15, 0.2) is 24.3 Å². The van der Waals surface area contributed by atoms with Crippen molar-refractivity contribution < 1.29 is 9.18 Å². The van der Waals surface area contributed by atoms with Gasteiger partial charge in [-0.15, -0.1) is 0 Å². The van der Waals surface area contributed by atoms with Crippen LogP contribution in [0.3, 0.4) is 0 Å². The Morgan fingerprint density at radius 1 is 1.27 bits per heavy atom. The minimum atomic E-state index is -0.591. The molecule has 0 spiro atoms. The Hall–Kier alpha value is -2.41. The van der Waals surface area contributed by atoms with Gasteiger partial charge in [0.1, 0.15) is 23.3 Å². The average Bonchev–Trinajstić information content (AvgIpc) is 2.61. The van der Waals surface area contributed by atoms with E-state index in [1.165, 1.54) is 18.2 Å². The number of amides is 1. The van der Waals surface area contributed by atoms with Crippen LogP contribution in [-0.4, -0.2) is 53.5 Å². The Bertz CT molecular complexity index is 788. The van der Waals surface area contributed by atoms with Crippen molar-refractivity contribution in [2.24, 2.45) is 0 Å². The number of nitrogens with zero attached hydrogens (tertiary/aromatic N) is 4. The molecule has 2 aromatic rings. The molecule has 0 saturated carbocycles. The van der Waals surface area contributed by atoms with E-state index in [2.05, 4.69) is 20.2 Å². The number of aromatic nitrogens is 2. The summed E-state index contributed by atoms with van der Waals surface area (Å²) in [5.41, 5.74) is -0.0603. The summed E-state index contributed by atoms with van der Waals surface area (Å²) < 4.78 is 14.0. The van der Waals surface area contributed by atoms with Crippen LogP contribution >= 0.6 is 11.6 Å². The van der Waals surface area contributed by atoms with Crippen molar-refractivity contribution in [3.8, 4) is 0 Å². The molecule has 26 heavy (non-hydrogen) atoms. The molecule has 1 aromatic carbocycles. The van der Waals surface area contributed by atoms with Crippen molar-refractivity contribution in [3.05, 3.63) is 46.5 Å². The largest absolute Gasteiger partial charge is 0.370 e. The summed E-state index contributed by atoms with van der Waals surface area (Å²) in [5.74, 6) is 1.33. The Labute approximate surface area is 157 Å². The third-order valence-electron chi connectivity index (χ3n) is 4.25. The molecule has 1 aliphatic heterocycles. The molecule has 0 aliphatic carbocycles.